The average Bonchev–Trinajstić information content (AvgIpc) is 2.48. The van der Waals surface area contributed by atoms with Crippen LogP contribution in [0.5, 0.6) is 0 Å². The van der Waals surface area contributed by atoms with Gasteiger partial charge in [0.25, 0.3) is 0 Å². The number of carbonyl (C=O) groups is 2. The fourth-order valence-electron chi connectivity index (χ4n) is 2.12. The summed E-state index contributed by atoms with van der Waals surface area (Å²) in [7, 11) is 0. The zero-order valence-electron chi connectivity index (χ0n) is 11.1. The minimum Gasteiger partial charge on any atom is -0.481 e. The molecule has 2 rings (SSSR count). The number of carbonyl (C=O) groups excluding carboxylic acids is 1. The van der Waals surface area contributed by atoms with Crippen LogP contribution < -0.4 is 5.32 Å². The first-order valence-corrected chi connectivity index (χ1v) is 6.37. The molecule has 5 heteroatoms. The molecule has 0 bridgehead atoms. The third-order valence-electron chi connectivity index (χ3n) is 3.13. The van der Waals surface area contributed by atoms with Gasteiger partial charge in [-0.05, 0) is 28.8 Å². The fourth-order valence-corrected chi connectivity index (χ4v) is 2.12. The van der Waals surface area contributed by atoms with E-state index in [-0.39, 0.29) is 6.54 Å². The molecule has 0 radical (unpaired) electrons. The maximum atomic E-state index is 13.8. The highest BCUT2D eigenvalue weighted by Crippen LogP contribution is 2.25. The van der Waals surface area contributed by atoms with Crippen molar-refractivity contribution in [1.29, 1.82) is 0 Å². The molecule has 0 saturated carbocycles. The van der Waals surface area contributed by atoms with E-state index in [9.17, 15) is 19.1 Å². The average molecular weight is 287 g/mol. The number of nitrogens with one attached hydrogen (secondary N) is 1. The molecule has 1 amide bonds. The second kappa shape index (κ2) is 6.65. The lowest BCUT2D eigenvalue weighted by Crippen LogP contribution is -2.26. The Hall–Kier alpha value is -2.69. The lowest BCUT2D eigenvalue weighted by molar-refractivity contribution is -0.138. The van der Waals surface area contributed by atoms with Gasteiger partial charge in [-0.2, -0.15) is 0 Å². The zero-order chi connectivity index (χ0) is 15.2. The Morgan fingerprint density at radius 3 is 2.52 bits per heavy atom. The van der Waals surface area contributed by atoms with Crippen LogP contribution in [0.15, 0.2) is 48.5 Å². The normalized spacial score (nSPS) is 11.7. The van der Waals surface area contributed by atoms with E-state index in [2.05, 4.69) is 5.32 Å². The topological polar surface area (TPSA) is 66.4 Å². The molecule has 0 saturated heterocycles. The summed E-state index contributed by atoms with van der Waals surface area (Å²) in [6, 6.07) is 13.3. The molecule has 0 heterocycles. The van der Waals surface area contributed by atoms with Crippen LogP contribution in [0.4, 0.5) is 4.39 Å². The van der Waals surface area contributed by atoms with Crippen molar-refractivity contribution in [3.8, 4) is 11.1 Å². The highest BCUT2D eigenvalue weighted by Gasteiger charge is 2.21. The van der Waals surface area contributed by atoms with Crippen LogP contribution in [-0.4, -0.2) is 24.0 Å². The van der Waals surface area contributed by atoms with Crippen LogP contribution in [-0.2, 0) is 9.59 Å². The number of halogens is 1. The quantitative estimate of drug-likeness (QED) is 0.802. The van der Waals surface area contributed by atoms with Gasteiger partial charge in [-0.1, -0.05) is 36.4 Å². The zero-order valence-corrected chi connectivity index (χ0v) is 11.1. The van der Waals surface area contributed by atoms with Crippen LogP contribution in [0.3, 0.4) is 0 Å². The highest BCUT2D eigenvalue weighted by atomic mass is 19.1. The third kappa shape index (κ3) is 3.66. The smallest absolute Gasteiger partial charge is 0.312 e. The molecule has 4 nitrogen and oxygen atoms in total. The summed E-state index contributed by atoms with van der Waals surface area (Å²) in [5.41, 5.74) is 1.71. The van der Waals surface area contributed by atoms with Crippen LogP contribution in [0, 0.1) is 5.82 Å². The first kappa shape index (κ1) is 14.7. The van der Waals surface area contributed by atoms with Crippen molar-refractivity contribution < 1.29 is 19.1 Å². The SMILES string of the molecule is O=CNCC(C(=O)O)c1cc(F)cc(-c2ccccc2)c1. The Labute approximate surface area is 121 Å². The van der Waals surface area contributed by atoms with Crippen molar-refractivity contribution >= 4 is 12.4 Å². The number of carboxylic acids is 1. The molecular formula is C16H14FNO3. The largest absolute Gasteiger partial charge is 0.481 e. The summed E-state index contributed by atoms with van der Waals surface area (Å²) >= 11 is 0. The molecule has 108 valence electrons. The number of benzene rings is 2. The Balaban J connectivity index is 2.42. The predicted octanol–water partition coefficient (Wildman–Crippen LogP) is 2.41. The van der Waals surface area contributed by atoms with Gasteiger partial charge in [0.1, 0.15) is 5.82 Å². The molecule has 2 N–H and O–H groups in total. The first-order valence-electron chi connectivity index (χ1n) is 6.37. The predicted molar refractivity (Wildman–Crippen MR) is 76.3 cm³/mol. The number of amides is 1. The van der Waals surface area contributed by atoms with Crippen molar-refractivity contribution in [2.45, 2.75) is 5.92 Å². The molecule has 1 unspecified atom stereocenters. The molecule has 0 aliphatic heterocycles. The van der Waals surface area contributed by atoms with Gasteiger partial charge >= 0.3 is 5.97 Å². The fraction of sp³-hybridized carbons (Fsp3) is 0.125. The Morgan fingerprint density at radius 2 is 1.90 bits per heavy atom. The summed E-state index contributed by atoms with van der Waals surface area (Å²) in [5.74, 6) is -2.62. The van der Waals surface area contributed by atoms with Gasteiger partial charge in [-0.15, -0.1) is 0 Å². The van der Waals surface area contributed by atoms with Crippen molar-refractivity contribution in [3.63, 3.8) is 0 Å². The number of hydrogen-bond donors (Lipinski definition) is 2. The minimum atomic E-state index is -1.12. The van der Waals surface area contributed by atoms with Gasteiger partial charge in [0.15, 0.2) is 0 Å². The minimum absolute atomic E-state index is 0.0868. The summed E-state index contributed by atoms with van der Waals surface area (Å²) in [4.78, 5) is 21.6. The second-order valence-corrected chi connectivity index (χ2v) is 4.56. The standard InChI is InChI=1S/C16H14FNO3/c17-14-7-12(11-4-2-1-3-5-11)6-13(8-14)15(16(20)21)9-18-10-19/h1-8,10,15H,9H2,(H,18,19)(H,20,21). The number of rotatable bonds is 6. The lowest BCUT2D eigenvalue weighted by Gasteiger charge is -2.14. The Morgan fingerprint density at radius 1 is 1.19 bits per heavy atom. The van der Waals surface area contributed by atoms with Crippen LogP contribution in [0.25, 0.3) is 11.1 Å². The first-order chi connectivity index (χ1) is 10.1. The highest BCUT2D eigenvalue weighted by molar-refractivity contribution is 5.78. The summed E-state index contributed by atoms with van der Waals surface area (Å²) in [6.45, 7) is -0.0868. The molecule has 0 aliphatic rings. The molecule has 0 aliphatic carbocycles. The van der Waals surface area contributed by atoms with Crippen LogP contribution >= 0.6 is 0 Å². The molecular weight excluding hydrogens is 273 g/mol. The van der Waals surface area contributed by atoms with Crippen molar-refractivity contribution in [3.05, 3.63) is 59.9 Å². The number of hydrogen-bond acceptors (Lipinski definition) is 2. The number of aliphatic carboxylic acids is 1. The molecule has 0 spiro atoms. The molecule has 0 fully saturated rings. The lowest BCUT2D eigenvalue weighted by atomic mass is 9.94. The molecule has 21 heavy (non-hydrogen) atoms. The number of carboxylic acid groups (broad SMARTS) is 1. The molecule has 2 aromatic carbocycles. The van der Waals surface area contributed by atoms with Gasteiger partial charge in [0.2, 0.25) is 6.41 Å². The summed E-state index contributed by atoms with van der Waals surface area (Å²) in [5, 5.41) is 11.6. The summed E-state index contributed by atoms with van der Waals surface area (Å²) < 4.78 is 13.8. The van der Waals surface area contributed by atoms with E-state index in [0.717, 1.165) is 5.56 Å². The van der Waals surface area contributed by atoms with Gasteiger partial charge in [-0.3, -0.25) is 9.59 Å². The Bertz CT molecular complexity index is 643. The molecule has 0 aromatic heterocycles. The van der Waals surface area contributed by atoms with E-state index in [1.165, 1.54) is 12.1 Å². The molecule has 1 atom stereocenters. The summed E-state index contributed by atoms with van der Waals surface area (Å²) in [6.07, 6.45) is 0.424. The second-order valence-electron chi connectivity index (χ2n) is 4.56. The van der Waals surface area contributed by atoms with Crippen molar-refractivity contribution in [2.75, 3.05) is 6.54 Å². The van der Waals surface area contributed by atoms with Gasteiger partial charge in [0.05, 0.1) is 5.92 Å². The van der Waals surface area contributed by atoms with E-state index in [0.29, 0.717) is 17.5 Å². The monoisotopic (exact) mass is 287 g/mol. The van der Waals surface area contributed by atoms with Crippen LogP contribution in [0.1, 0.15) is 11.5 Å². The van der Waals surface area contributed by atoms with E-state index in [1.54, 1.807) is 6.07 Å². The van der Waals surface area contributed by atoms with Crippen molar-refractivity contribution in [1.82, 2.24) is 5.32 Å². The van der Waals surface area contributed by atoms with Crippen LogP contribution in [0.2, 0.25) is 0 Å². The Kier molecular flexibility index (Phi) is 4.66. The molecule has 2 aromatic rings. The maximum Gasteiger partial charge on any atom is 0.312 e. The van der Waals surface area contributed by atoms with E-state index in [4.69, 9.17) is 0 Å². The maximum absolute atomic E-state index is 13.8. The van der Waals surface area contributed by atoms with E-state index >= 15 is 0 Å². The third-order valence-corrected chi connectivity index (χ3v) is 3.13. The van der Waals surface area contributed by atoms with Gasteiger partial charge in [0, 0.05) is 6.54 Å². The van der Waals surface area contributed by atoms with E-state index in [1.807, 2.05) is 30.3 Å². The van der Waals surface area contributed by atoms with Gasteiger partial charge < -0.3 is 10.4 Å². The van der Waals surface area contributed by atoms with Crippen molar-refractivity contribution in [2.24, 2.45) is 0 Å². The van der Waals surface area contributed by atoms with Gasteiger partial charge in [-0.25, -0.2) is 4.39 Å². The van der Waals surface area contributed by atoms with E-state index < -0.39 is 17.7 Å².